The maximum absolute atomic E-state index is 4.09. The Labute approximate surface area is 120 Å². The summed E-state index contributed by atoms with van der Waals surface area (Å²) in [5, 5.41) is 0. The van der Waals surface area contributed by atoms with Crippen LogP contribution in [0.2, 0.25) is 18.0 Å². The average Bonchev–Trinajstić information content (AvgIpc) is 2.41. The summed E-state index contributed by atoms with van der Waals surface area (Å²) in [4.78, 5) is 2.42. The van der Waals surface area contributed by atoms with Gasteiger partial charge in [-0.3, -0.25) is 0 Å². The monoisotopic (exact) mass is 261 g/mol. The number of nitrogens with zero attached hydrogens (tertiary/aromatic N) is 1. The van der Waals surface area contributed by atoms with Crippen molar-refractivity contribution in [1.29, 1.82) is 0 Å². The summed E-state index contributed by atoms with van der Waals surface area (Å²) in [6.07, 6.45) is 13.7. The lowest BCUT2D eigenvalue weighted by atomic mass is 9.28. The fraction of sp³-hybridized carbons (Fsp3) is 0.882. The zero-order chi connectivity index (χ0) is 13.8. The second kappa shape index (κ2) is 6.97. The van der Waals surface area contributed by atoms with Crippen molar-refractivity contribution in [3.63, 3.8) is 0 Å². The molecule has 0 aromatic heterocycles. The van der Waals surface area contributed by atoms with Crippen LogP contribution in [0.5, 0.6) is 0 Å². The molecule has 1 nitrogen and oxygen atoms in total. The predicted molar refractivity (Wildman–Crippen MR) is 87.2 cm³/mol. The van der Waals surface area contributed by atoms with E-state index in [1.54, 1.807) is 0 Å². The molecule has 2 rings (SSSR count). The molecular weight excluding hydrogens is 229 g/mol. The van der Waals surface area contributed by atoms with E-state index in [4.69, 9.17) is 0 Å². The van der Waals surface area contributed by atoms with Gasteiger partial charge in [0.1, 0.15) is 0 Å². The molecule has 0 spiro atoms. The van der Waals surface area contributed by atoms with Gasteiger partial charge in [0, 0.05) is 6.04 Å². The molecule has 2 fully saturated rings. The van der Waals surface area contributed by atoms with Crippen molar-refractivity contribution in [2.75, 3.05) is 14.1 Å². The summed E-state index contributed by atoms with van der Waals surface area (Å²) < 4.78 is 0. The van der Waals surface area contributed by atoms with Crippen LogP contribution in [-0.2, 0) is 0 Å². The fourth-order valence-electron chi connectivity index (χ4n) is 4.51. The van der Waals surface area contributed by atoms with Gasteiger partial charge in [-0.05, 0) is 51.5 Å². The molecule has 0 aromatic carbocycles. The molecule has 19 heavy (non-hydrogen) atoms. The lowest BCUT2D eigenvalue weighted by molar-refractivity contribution is 0.199. The highest BCUT2D eigenvalue weighted by atomic mass is 15.1. The molecule has 1 saturated carbocycles. The molecule has 1 aliphatic heterocycles. The first-order valence-electron chi connectivity index (χ1n) is 8.40. The van der Waals surface area contributed by atoms with E-state index in [9.17, 15) is 0 Å². The van der Waals surface area contributed by atoms with Gasteiger partial charge in [0.05, 0.1) is 0 Å². The van der Waals surface area contributed by atoms with E-state index in [0.29, 0.717) is 0 Å². The molecule has 2 atom stereocenters. The summed E-state index contributed by atoms with van der Waals surface area (Å²) in [6.45, 7) is 7.49. The predicted octanol–water partition coefficient (Wildman–Crippen LogP) is 4.73. The minimum Gasteiger partial charge on any atom is -0.306 e. The van der Waals surface area contributed by atoms with Crippen molar-refractivity contribution in [3.8, 4) is 0 Å². The molecule has 1 aliphatic carbocycles. The molecule has 108 valence electrons. The fourth-order valence-corrected chi connectivity index (χ4v) is 4.51. The first-order valence-corrected chi connectivity index (χ1v) is 8.40. The van der Waals surface area contributed by atoms with Crippen LogP contribution in [0.3, 0.4) is 0 Å². The quantitative estimate of drug-likeness (QED) is 0.522. The van der Waals surface area contributed by atoms with Crippen LogP contribution < -0.4 is 0 Å². The van der Waals surface area contributed by atoms with Crippen LogP contribution >= 0.6 is 0 Å². The molecule has 2 heteroatoms. The van der Waals surface area contributed by atoms with Crippen molar-refractivity contribution in [3.05, 3.63) is 12.7 Å². The molecular formula is C17H32BN. The molecule has 0 amide bonds. The van der Waals surface area contributed by atoms with E-state index < -0.39 is 0 Å². The molecule has 0 radical (unpaired) electrons. The van der Waals surface area contributed by atoms with Gasteiger partial charge in [-0.2, -0.15) is 0 Å². The van der Waals surface area contributed by atoms with E-state index >= 15 is 0 Å². The van der Waals surface area contributed by atoms with Gasteiger partial charge in [0.25, 0.3) is 0 Å². The average molecular weight is 261 g/mol. The van der Waals surface area contributed by atoms with Crippen molar-refractivity contribution in [2.24, 2.45) is 5.92 Å². The van der Waals surface area contributed by atoms with Gasteiger partial charge >= 0.3 is 0 Å². The molecule has 0 N–H and O–H groups in total. The highest BCUT2D eigenvalue weighted by Crippen LogP contribution is 2.42. The molecule has 0 aromatic rings. The minimum absolute atomic E-state index is 0.801. The zero-order valence-electron chi connectivity index (χ0n) is 13.3. The topological polar surface area (TPSA) is 3.24 Å². The molecule has 1 heterocycles. The van der Waals surface area contributed by atoms with Crippen molar-refractivity contribution in [2.45, 2.75) is 75.9 Å². The Kier molecular flexibility index (Phi) is 5.56. The zero-order valence-corrected chi connectivity index (χ0v) is 13.3. The summed E-state index contributed by atoms with van der Waals surface area (Å²) in [7, 11) is 4.48. The first-order chi connectivity index (χ1) is 9.11. The third kappa shape index (κ3) is 3.87. The molecule has 0 bridgehead atoms. The van der Waals surface area contributed by atoms with E-state index in [1.807, 2.05) is 0 Å². The van der Waals surface area contributed by atoms with Gasteiger partial charge in [0.2, 0.25) is 0 Å². The highest BCUT2D eigenvalue weighted by Gasteiger charge is 2.35. The second-order valence-electron chi connectivity index (χ2n) is 7.35. The van der Waals surface area contributed by atoms with Crippen LogP contribution in [0.4, 0.5) is 0 Å². The smallest absolute Gasteiger partial charge is 0.150 e. The Morgan fingerprint density at radius 2 is 1.79 bits per heavy atom. The van der Waals surface area contributed by atoms with E-state index in [1.165, 1.54) is 51.3 Å². The summed E-state index contributed by atoms with van der Waals surface area (Å²) >= 11 is 0. The van der Waals surface area contributed by atoms with Crippen LogP contribution in [0, 0.1) is 5.92 Å². The van der Waals surface area contributed by atoms with Crippen molar-refractivity contribution >= 4 is 6.71 Å². The third-order valence-corrected chi connectivity index (χ3v) is 5.93. The number of allylic oxidation sites excluding steroid dienone is 1. The first kappa shape index (κ1) is 15.2. The largest absolute Gasteiger partial charge is 0.306 e. The van der Waals surface area contributed by atoms with Crippen molar-refractivity contribution in [1.82, 2.24) is 4.90 Å². The van der Waals surface area contributed by atoms with Crippen LogP contribution in [0.1, 0.15) is 51.9 Å². The van der Waals surface area contributed by atoms with Gasteiger partial charge < -0.3 is 4.90 Å². The number of rotatable bonds is 4. The Bertz CT molecular complexity index is 281. The Morgan fingerprint density at radius 1 is 1.11 bits per heavy atom. The molecule has 2 unspecified atom stereocenters. The lowest BCUT2D eigenvalue weighted by Crippen LogP contribution is -2.35. The molecule has 2 aliphatic rings. The summed E-state index contributed by atoms with van der Waals surface area (Å²) in [5.74, 6) is 2.71. The van der Waals surface area contributed by atoms with E-state index in [-0.39, 0.29) is 0 Å². The maximum Gasteiger partial charge on any atom is 0.150 e. The third-order valence-electron chi connectivity index (χ3n) is 5.93. The molecule has 1 saturated heterocycles. The second-order valence-corrected chi connectivity index (χ2v) is 7.35. The van der Waals surface area contributed by atoms with Crippen LogP contribution in [0.25, 0.3) is 0 Å². The maximum atomic E-state index is 4.09. The van der Waals surface area contributed by atoms with E-state index in [0.717, 1.165) is 30.3 Å². The highest BCUT2D eigenvalue weighted by molar-refractivity contribution is 6.62. The standard InChI is InChI=1S/C17H32BN/c1-5-16-8-6-7-14(2)18(16)13-15-9-11-17(12-10-15)19(3)4/h5,14-17H,1,6-13H2,2-4H3. The van der Waals surface area contributed by atoms with Gasteiger partial charge in [-0.1, -0.05) is 44.4 Å². The summed E-state index contributed by atoms with van der Waals surface area (Å²) in [5.41, 5.74) is 0. The van der Waals surface area contributed by atoms with E-state index in [2.05, 4.69) is 38.6 Å². The van der Waals surface area contributed by atoms with Gasteiger partial charge in [-0.15, -0.1) is 6.58 Å². The Balaban J connectivity index is 1.85. The number of hydrogen-bond acceptors (Lipinski definition) is 1. The SMILES string of the molecule is C=CC1CCCC(C)B1CC1CCC(N(C)C)CC1. The van der Waals surface area contributed by atoms with Crippen LogP contribution in [0.15, 0.2) is 12.7 Å². The Morgan fingerprint density at radius 3 is 2.37 bits per heavy atom. The Hall–Kier alpha value is -0.235. The minimum atomic E-state index is 0.801. The van der Waals surface area contributed by atoms with Gasteiger partial charge in [0.15, 0.2) is 6.71 Å². The van der Waals surface area contributed by atoms with Crippen molar-refractivity contribution < 1.29 is 0 Å². The normalized spacial score (nSPS) is 36.5. The van der Waals surface area contributed by atoms with Gasteiger partial charge in [-0.25, -0.2) is 0 Å². The lowest BCUT2D eigenvalue weighted by Gasteiger charge is -2.38. The van der Waals surface area contributed by atoms with Crippen LogP contribution in [-0.4, -0.2) is 31.7 Å². The number of hydrogen-bond donors (Lipinski definition) is 0. The summed E-state index contributed by atoms with van der Waals surface area (Å²) in [6, 6.07) is 0.843.